The van der Waals surface area contributed by atoms with E-state index in [1.807, 2.05) is 6.07 Å². The van der Waals surface area contributed by atoms with Crippen molar-refractivity contribution in [2.24, 2.45) is 0 Å². The standard InChI is InChI=1S/C23H20N2P.ClH/c1-4-12-21(13-5-1)26(22-14-6-2-7-15-22,23-16-8-3-9-17-23)19-20-11-10-18-24-25-20;/h1-18H,19H2;1H/q+1;/p-1. The molecule has 1 aromatic heterocycles. The molecular weight excluding hydrogens is 371 g/mol. The Morgan fingerprint density at radius 1 is 0.556 bits per heavy atom. The SMILES string of the molecule is [Cl-].c1ccc([P+](Cc2cccnn2)(c2ccccc2)c2ccccc2)cc1. The molecule has 0 radical (unpaired) electrons. The summed E-state index contributed by atoms with van der Waals surface area (Å²) in [4.78, 5) is 0. The first kappa shape index (κ1) is 19.2. The van der Waals surface area contributed by atoms with Crippen molar-refractivity contribution >= 4 is 23.2 Å². The van der Waals surface area contributed by atoms with Crippen LogP contribution >= 0.6 is 7.26 Å². The minimum absolute atomic E-state index is 0. The summed E-state index contributed by atoms with van der Waals surface area (Å²) in [5.74, 6) is 0. The van der Waals surface area contributed by atoms with Gasteiger partial charge in [0.25, 0.3) is 0 Å². The normalized spacial score (nSPS) is 10.8. The summed E-state index contributed by atoms with van der Waals surface area (Å²) in [6.07, 6.45) is 2.59. The van der Waals surface area contributed by atoms with Crippen molar-refractivity contribution < 1.29 is 12.4 Å². The van der Waals surface area contributed by atoms with Crippen LogP contribution in [0.2, 0.25) is 0 Å². The van der Waals surface area contributed by atoms with E-state index in [0.29, 0.717) is 0 Å². The molecule has 0 saturated heterocycles. The van der Waals surface area contributed by atoms with Gasteiger partial charge in [-0.1, -0.05) is 54.6 Å². The lowest BCUT2D eigenvalue weighted by molar-refractivity contribution is -0.00000517. The molecule has 27 heavy (non-hydrogen) atoms. The minimum Gasteiger partial charge on any atom is -1.00 e. The molecule has 3 aromatic carbocycles. The number of halogens is 1. The molecule has 0 aliphatic heterocycles. The average molecular weight is 391 g/mol. The second-order valence-electron chi connectivity index (χ2n) is 6.19. The van der Waals surface area contributed by atoms with E-state index in [-0.39, 0.29) is 12.4 Å². The monoisotopic (exact) mass is 390 g/mol. The van der Waals surface area contributed by atoms with Gasteiger partial charge in [-0.3, -0.25) is 0 Å². The van der Waals surface area contributed by atoms with Crippen LogP contribution in [0.5, 0.6) is 0 Å². The van der Waals surface area contributed by atoms with E-state index in [1.165, 1.54) is 15.9 Å². The molecule has 1 heterocycles. The van der Waals surface area contributed by atoms with Crippen molar-refractivity contribution in [3.05, 3.63) is 115 Å². The van der Waals surface area contributed by atoms with Gasteiger partial charge in [0, 0.05) is 6.20 Å². The fourth-order valence-electron chi connectivity index (χ4n) is 3.43. The van der Waals surface area contributed by atoms with Crippen molar-refractivity contribution in [3.63, 3.8) is 0 Å². The molecule has 0 bridgehead atoms. The van der Waals surface area contributed by atoms with Gasteiger partial charge >= 0.3 is 0 Å². The van der Waals surface area contributed by atoms with E-state index in [9.17, 15) is 0 Å². The summed E-state index contributed by atoms with van der Waals surface area (Å²) in [7, 11) is -1.88. The molecule has 4 aromatic rings. The first-order valence-electron chi connectivity index (χ1n) is 8.71. The second kappa shape index (κ2) is 8.90. The van der Waals surface area contributed by atoms with Crippen LogP contribution in [0.4, 0.5) is 0 Å². The van der Waals surface area contributed by atoms with Gasteiger partial charge in [-0.25, -0.2) is 0 Å². The maximum atomic E-state index is 4.42. The third-order valence-corrected chi connectivity index (χ3v) is 8.95. The van der Waals surface area contributed by atoms with Crippen LogP contribution in [0.25, 0.3) is 0 Å². The second-order valence-corrected chi connectivity index (χ2v) is 9.67. The van der Waals surface area contributed by atoms with Crippen molar-refractivity contribution in [1.82, 2.24) is 10.2 Å². The fraction of sp³-hybridized carbons (Fsp3) is 0.0435. The molecule has 0 saturated carbocycles. The number of hydrogen-bond donors (Lipinski definition) is 0. The van der Waals surface area contributed by atoms with Crippen LogP contribution in [-0.4, -0.2) is 10.2 Å². The van der Waals surface area contributed by atoms with Crippen LogP contribution < -0.4 is 28.3 Å². The summed E-state index contributed by atoms with van der Waals surface area (Å²) in [6.45, 7) is 0. The Morgan fingerprint density at radius 3 is 1.37 bits per heavy atom. The summed E-state index contributed by atoms with van der Waals surface area (Å²) in [5, 5.41) is 12.6. The molecule has 0 aliphatic carbocycles. The smallest absolute Gasteiger partial charge is 0.118 e. The first-order chi connectivity index (χ1) is 12.9. The van der Waals surface area contributed by atoms with Crippen molar-refractivity contribution in [2.45, 2.75) is 6.16 Å². The Balaban J connectivity index is 0.00000210. The highest BCUT2D eigenvalue weighted by Crippen LogP contribution is 2.57. The van der Waals surface area contributed by atoms with Gasteiger partial charge in [0.05, 0.1) is 0 Å². The molecule has 0 spiro atoms. The Kier molecular flexibility index (Phi) is 6.34. The molecule has 0 aliphatic rings. The van der Waals surface area contributed by atoms with Gasteiger partial charge < -0.3 is 12.4 Å². The maximum Gasteiger partial charge on any atom is 0.118 e. The lowest BCUT2D eigenvalue weighted by Crippen LogP contribution is -3.00. The van der Waals surface area contributed by atoms with E-state index in [0.717, 1.165) is 11.9 Å². The molecule has 0 fully saturated rings. The highest BCUT2D eigenvalue weighted by Gasteiger charge is 2.45. The third kappa shape index (κ3) is 3.93. The van der Waals surface area contributed by atoms with Crippen LogP contribution in [-0.2, 0) is 6.16 Å². The topological polar surface area (TPSA) is 25.8 Å². The number of nitrogens with zero attached hydrogens (tertiary/aromatic N) is 2. The van der Waals surface area contributed by atoms with Gasteiger partial charge in [-0.05, 0) is 48.5 Å². The van der Waals surface area contributed by atoms with E-state index in [4.69, 9.17) is 0 Å². The lowest BCUT2D eigenvalue weighted by Gasteiger charge is -2.27. The van der Waals surface area contributed by atoms with Gasteiger partial charge in [-0.15, -0.1) is 0 Å². The summed E-state index contributed by atoms with van der Waals surface area (Å²) >= 11 is 0. The van der Waals surface area contributed by atoms with Crippen molar-refractivity contribution in [1.29, 1.82) is 0 Å². The van der Waals surface area contributed by atoms with Gasteiger partial charge in [-0.2, -0.15) is 10.2 Å². The molecule has 0 N–H and O–H groups in total. The zero-order chi connectivity index (χ0) is 17.7. The highest BCUT2D eigenvalue weighted by molar-refractivity contribution is 7.95. The Labute approximate surface area is 167 Å². The number of aromatic nitrogens is 2. The third-order valence-electron chi connectivity index (χ3n) is 4.62. The quantitative estimate of drug-likeness (QED) is 0.475. The van der Waals surface area contributed by atoms with Crippen molar-refractivity contribution in [2.75, 3.05) is 0 Å². The summed E-state index contributed by atoms with van der Waals surface area (Å²) in [5.41, 5.74) is 1.03. The largest absolute Gasteiger partial charge is 1.00 e. The molecular formula is C23H20ClN2P. The predicted octanol–water partition coefficient (Wildman–Crippen LogP) is 0.975. The molecule has 0 amide bonds. The number of benzene rings is 3. The zero-order valence-corrected chi connectivity index (χ0v) is 16.5. The lowest BCUT2D eigenvalue weighted by atomic mass is 10.3. The Morgan fingerprint density at radius 2 is 1.00 bits per heavy atom. The summed E-state index contributed by atoms with van der Waals surface area (Å²) < 4.78 is 0. The number of hydrogen-bond acceptors (Lipinski definition) is 2. The van der Waals surface area contributed by atoms with E-state index < -0.39 is 7.26 Å². The van der Waals surface area contributed by atoms with E-state index in [2.05, 4.69) is 107 Å². The predicted molar refractivity (Wildman–Crippen MR) is 111 cm³/mol. The highest BCUT2D eigenvalue weighted by atomic mass is 35.5. The first-order valence-corrected chi connectivity index (χ1v) is 10.7. The minimum atomic E-state index is -1.88. The fourth-order valence-corrected chi connectivity index (χ4v) is 7.57. The molecule has 134 valence electrons. The summed E-state index contributed by atoms with van der Waals surface area (Å²) in [6, 6.07) is 36.6. The van der Waals surface area contributed by atoms with Crippen LogP contribution in [0.3, 0.4) is 0 Å². The Bertz CT molecular complexity index is 852. The zero-order valence-electron chi connectivity index (χ0n) is 14.8. The molecule has 0 unspecified atom stereocenters. The van der Waals surface area contributed by atoms with Crippen molar-refractivity contribution in [3.8, 4) is 0 Å². The van der Waals surface area contributed by atoms with Gasteiger partial charge in [0.1, 0.15) is 35.0 Å². The van der Waals surface area contributed by atoms with Crippen LogP contribution in [0.1, 0.15) is 5.69 Å². The van der Waals surface area contributed by atoms with Crippen LogP contribution in [0.15, 0.2) is 109 Å². The average Bonchev–Trinajstić information content (AvgIpc) is 2.75. The molecule has 2 nitrogen and oxygen atoms in total. The molecule has 4 rings (SSSR count). The van der Waals surface area contributed by atoms with E-state index >= 15 is 0 Å². The maximum absolute atomic E-state index is 4.42. The van der Waals surface area contributed by atoms with Crippen LogP contribution in [0, 0.1) is 0 Å². The number of rotatable bonds is 5. The molecule has 0 atom stereocenters. The van der Waals surface area contributed by atoms with E-state index in [1.54, 1.807) is 6.20 Å². The molecule has 4 heteroatoms. The Hall–Kier alpha value is -2.54. The van der Waals surface area contributed by atoms with Gasteiger partial charge in [0.15, 0.2) is 0 Å². The van der Waals surface area contributed by atoms with Gasteiger partial charge in [0.2, 0.25) is 0 Å².